The van der Waals surface area contributed by atoms with Crippen LogP contribution in [0.4, 0.5) is 5.13 Å². The minimum absolute atomic E-state index is 0.0101. The molecule has 0 saturated carbocycles. The molecule has 0 saturated heterocycles. The first kappa shape index (κ1) is 23.4. The highest BCUT2D eigenvalue weighted by molar-refractivity contribution is 7.17. The molecular weight excluding hydrogens is 406 g/mol. The zero-order valence-electron chi connectivity index (χ0n) is 17.5. The van der Waals surface area contributed by atoms with E-state index in [1.54, 1.807) is 6.21 Å². The van der Waals surface area contributed by atoms with Crippen molar-refractivity contribution in [3.63, 3.8) is 0 Å². The number of ketones is 1. The number of unbranched alkanes of at least 4 members (excludes halogenated alkanes) is 6. The Labute approximate surface area is 182 Å². The van der Waals surface area contributed by atoms with Crippen LogP contribution < -0.4 is 10.2 Å². The summed E-state index contributed by atoms with van der Waals surface area (Å²) < 4.78 is 5.80. The number of anilines is 1. The highest BCUT2D eigenvalue weighted by Crippen LogP contribution is 2.26. The van der Waals surface area contributed by atoms with E-state index in [0.717, 1.165) is 12.0 Å². The number of thiazole rings is 1. The first-order valence-electron chi connectivity index (χ1n) is 10.2. The van der Waals surface area contributed by atoms with Crippen LogP contribution in [0.25, 0.3) is 0 Å². The van der Waals surface area contributed by atoms with Gasteiger partial charge in [0, 0.05) is 6.92 Å². The van der Waals surface area contributed by atoms with Crippen LogP contribution in [-0.4, -0.2) is 23.6 Å². The van der Waals surface area contributed by atoms with Gasteiger partial charge < -0.3 is 4.74 Å². The number of Topliss-reactive ketones (excluding diaryl/α,β-unsaturated/α-hetero) is 1. The summed E-state index contributed by atoms with van der Waals surface area (Å²) in [6.07, 6.45) is 10.4. The van der Waals surface area contributed by atoms with Crippen LogP contribution in [0.3, 0.4) is 0 Å². The number of hydrogen-bond donors (Lipinski definition) is 1. The summed E-state index contributed by atoms with van der Waals surface area (Å²) in [5, 5.41) is 5.33. The Morgan fingerprint density at radius 1 is 1.24 bits per heavy atom. The molecule has 158 valence electrons. The number of halogens is 1. The van der Waals surface area contributed by atoms with Crippen molar-refractivity contribution in [3.8, 4) is 5.75 Å². The second-order valence-corrected chi connectivity index (χ2v) is 8.43. The van der Waals surface area contributed by atoms with E-state index in [1.807, 2.05) is 25.1 Å². The number of carbonyl (C=O) groups is 1. The number of hydrogen-bond acceptors (Lipinski definition) is 6. The molecule has 2 aromatic rings. The Hall–Kier alpha value is -1.92. The van der Waals surface area contributed by atoms with Crippen LogP contribution in [0, 0.1) is 6.92 Å². The van der Waals surface area contributed by atoms with Crippen molar-refractivity contribution in [1.82, 2.24) is 4.98 Å². The number of benzene rings is 1. The number of hydrazone groups is 1. The quantitative estimate of drug-likeness (QED) is 0.161. The van der Waals surface area contributed by atoms with E-state index in [2.05, 4.69) is 22.4 Å². The number of aryl methyl sites for hydroxylation is 1. The summed E-state index contributed by atoms with van der Waals surface area (Å²) in [6.45, 7) is 6.27. The second-order valence-electron chi connectivity index (χ2n) is 7.02. The fraction of sp³-hybridized carbons (Fsp3) is 0.500. The van der Waals surface area contributed by atoms with Crippen LogP contribution in [0.5, 0.6) is 5.75 Å². The molecule has 0 fully saturated rings. The Morgan fingerprint density at radius 2 is 1.97 bits per heavy atom. The SMILES string of the molecule is CCCCCCCCCOc1ccc(/C=N\Nc2nc(C)c(C(C)=O)s2)cc1Cl. The van der Waals surface area contributed by atoms with Gasteiger partial charge in [-0.2, -0.15) is 5.10 Å². The minimum atomic E-state index is 0.0101. The fourth-order valence-corrected chi connectivity index (χ4v) is 3.94. The van der Waals surface area contributed by atoms with Crippen molar-refractivity contribution in [2.75, 3.05) is 12.0 Å². The van der Waals surface area contributed by atoms with Gasteiger partial charge in [-0.05, 0) is 37.1 Å². The Bertz CT molecular complexity index is 820. The van der Waals surface area contributed by atoms with Crippen LogP contribution >= 0.6 is 22.9 Å². The van der Waals surface area contributed by atoms with Gasteiger partial charge in [0.25, 0.3) is 0 Å². The zero-order chi connectivity index (χ0) is 21.1. The average molecular weight is 436 g/mol. The van der Waals surface area contributed by atoms with E-state index in [1.165, 1.54) is 56.8 Å². The van der Waals surface area contributed by atoms with Crippen molar-refractivity contribution < 1.29 is 9.53 Å². The van der Waals surface area contributed by atoms with Crippen molar-refractivity contribution >= 4 is 40.1 Å². The molecule has 1 N–H and O–H groups in total. The van der Waals surface area contributed by atoms with Gasteiger partial charge in [-0.15, -0.1) is 0 Å². The molecule has 2 rings (SSSR count). The molecule has 1 heterocycles. The van der Waals surface area contributed by atoms with E-state index < -0.39 is 0 Å². The topological polar surface area (TPSA) is 63.6 Å². The van der Waals surface area contributed by atoms with Crippen LogP contribution in [0.15, 0.2) is 23.3 Å². The molecule has 0 unspecified atom stereocenters. The molecule has 0 atom stereocenters. The molecule has 1 aromatic heterocycles. The number of ether oxygens (including phenoxy) is 1. The van der Waals surface area contributed by atoms with Gasteiger partial charge in [-0.25, -0.2) is 4.98 Å². The summed E-state index contributed by atoms with van der Waals surface area (Å²) in [4.78, 5) is 16.4. The largest absolute Gasteiger partial charge is 0.492 e. The molecule has 0 bridgehead atoms. The summed E-state index contributed by atoms with van der Waals surface area (Å²) in [5.41, 5.74) is 4.43. The van der Waals surface area contributed by atoms with Crippen LogP contribution in [0.2, 0.25) is 5.02 Å². The van der Waals surface area contributed by atoms with E-state index in [-0.39, 0.29) is 5.78 Å². The van der Waals surface area contributed by atoms with Gasteiger partial charge in [0.2, 0.25) is 5.13 Å². The van der Waals surface area contributed by atoms with Gasteiger partial charge in [0.05, 0.1) is 28.4 Å². The number of rotatable bonds is 13. The van der Waals surface area contributed by atoms with Crippen LogP contribution in [0.1, 0.15) is 79.7 Å². The number of nitrogens with one attached hydrogen (secondary N) is 1. The lowest BCUT2D eigenvalue weighted by Crippen LogP contribution is -1.98. The predicted molar refractivity (Wildman–Crippen MR) is 123 cm³/mol. The molecule has 0 amide bonds. The maximum Gasteiger partial charge on any atom is 0.204 e. The lowest BCUT2D eigenvalue weighted by atomic mass is 10.1. The maximum atomic E-state index is 11.5. The molecule has 5 nitrogen and oxygen atoms in total. The molecule has 7 heteroatoms. The molecule has 0 spiro atoms. The summed E-state index contributed by atoms with van der Waals surface area (Å²) in [6, 6.07) is 5.60. The number of aromatic nitrogens is 1. The van der Waals surface area contributed by atoms with E-state index in [9.17, 15) is 4.79 Å². The first-order valence-corrected chi connectivity index (χ1v) is 11.4. The molecule has 0 aliphatic rings. The maximum absolute atomic E-state index is 11.5. The number of nitrogens with zero attached hydrogens (tertiary/aromatic N) is 2. The highest BCUT2D eigenvalue weighted by Gasteiger charge is 2.10. The van der Waals surface area contributed by atoms with Gasteiger partial charge in [0.15, 0.2) is 5.78 Å². The Morgan fingerprint density at radius 3 is 2.62 bits per heavy atom. The second kappa shape index (κ2) is 12.6. The molecular formula is C22H30ClN3O2S. The van der Waals surface area contributed by atoms with Gasteiger partial charge >= 0.3 is 0 Å². The van der Waals surface area contributed by atoms with Crippen molar-refractivity contribution in [2.45, 2.75) is 65.7 Å². The average Bonchev–Trinajstić information content (AvgIpc) is 3.06. The van der Waals surface area contributed by atoms with Crippen molar-refractivity contribution in [3.05, 3.63) is 39.4 Å². The monoisotopic (exact) mass is 435 g/mol. The third-order valence-corrected chi connectivity index (χ3v) is 5.91. The normalized spacial score (nSPS) is 11.2. The first-order chi connectivity index (χ1) is 14.0. The Kier molecular flexibility index (Phi) is 10.2. The summed E-state index contributed by atoms with van der Waals surface area (Å²) in [5.74, 6) is 0.709. The number of carbonyl (C=O) groups excluding carboxylic acids is 1. The molecule has 0 aliphatic heterocycles. The minimum Gasteiger partial charge on any atom is -0.492 e. The molecule has 29 heavy (non-hydrogen) atoms. The Balaban J connectivity index is 1.76. The van der Waals surface area contributed by atoms with Gasteiger partial charge in [-0.1, -0.05) is 68.4 Å². The summed E-state index contributed by atoms with van der Waals surface area (Å²) in [7, 11) is 0. The third-order valence-electron chi connectivity index (χ3n) is 4.45. The summed E-state index contributed by atoms with van der Waals surface area (Å²) >= 11 is 7.62. The van der Waals surface area contributed by atoms with E-state index >= 15 is 0 Å². The van der Waals surface area contributed by atoms with E-state index in [4.69, 9.17) is 16.3 Å². The lowest BCUT2D eigenvalue weighted by molar-refractivity contribution is 0.102. The van der Waals surface area contributed by atoms with E-state index in [0.29, 0.717) is 33.1 Å². The fourth-order valence-electron chi connectivity index (χ4n) is 2.89. The third kappa shape index (κ3) is 8.15. The van der Waals surface area contributed by atoms with Crippen molar-refractivity contribution in [2.24, 2.45) is 5.10 Å². The molecule has 0 radical (unpaired) electrons. The van der Waals surface area contributed by atoms with Crippen molar-refractivity contribution in [1.29, 1.82) is 0 Å². The molecule has 0 aliphatic carbocycles. The highest BCUT2D eigenvalue weighted by atomic mass is 35.5. The predicted octanol–water partition coefficient (Wildman–Crippen LogP) is 6.88. The smallest absolute Gasteiger partial charge is 0.204 e. The van der Waals surface area contributed by atoms with Crippen LogP contribution in [-0.2, 0) is 0 Å². The standard InChI is InChI=1S/C22H30ClN3O2S/c1-4-5-6-7-8-9-10-13-28-20-12-11-18(14-19(20)23)15-24-26-22-25-16(2)21(29-22)17(3)27/h11-12,14-15H,4-10,13H2,1-3H3,(H,25,26)/b24-15-. The van der Waals surface area contributed by atoms with Gasteiger partial charge in [0.1, 0.15) is 5.75 Å². The van der Waals surface area contributed by atoms with Gasteiger partial charge in [-0.3, -0.25) is 10.2 Å². The molecule has 1 aromatic carbocycles. The lowest BCUT2D eigenvalue weighted by Gasteiger charge is -2.08. The zero-order valence-corrected chi connectivity index (χ0v) is 19.0.